The number of ether oxygens (including phenoxy) is 2. The van der Waals surface area contributed by atoms with E-state index in [4.69, 9.17) is 14.6 Å². The van der Waals surface area contributed by atoms with E-state index in [1.165, 1.54) is 12.1 Å². The molecule has 226 valence electrons. The molecule has 0 aliphatic carbocycles. The van der Waals surface area contributed by atoms with Crippen LogP contribution in [0, 0.1) is 11.6 Å². The molecule has 3 aromatic carbocycles. The Labute approximate surface area is 249 Å². The molecule has 0 spiro atoms. The molecule has 4 aromatic rings. The summed E-state index contributed by atoms with van der Waals surface area (Å²) < 4.78 is 40.0. The minimum atomic E-state index is -0.980. The number of halogens is 2. The highest BCUT2D eigenvalue weighted by Crippen LogP contribution is 2.31. The Hall–Kier alpha value is -4.66. The predicted octanol–water partition coefficient (Wildman–Crippen LogP) is 7.29. The van der Waals surface area contributed by atoms with Crippen LogP contribution in [0.15, 0.2) is 60.7 Å². The van der Waals surface area contributed by atoms with Crippen LogP contribution in [-0.2, 0) is 29.5 Å². The van der Waals surface area contributed by atoms with Gasteiger partial charge in [0, 0.05) is 24.5 Å². The third-order valence-electron chi connectivity index (χ3n) is 7.19. The lowest BCUT2D eigenvalue weighted by molar-refractivity contribution is -0.138. The number of rotatable bonds is 16. The molecular formula is C34H35F2NO6. The Bertz CT molecular complexity index is 1590. The first-order valence-electron chi connectivity index (χ1n) is 14.2. The standard InChI is InChI=1S/C34H35F2NO6/c1-37-29(19-20-32(40)41)26(8-5-12-31(38)39)27-9-4-7-24(34(27)37)16-13-23-14-17-25(18-15-23)42-21-2-3-22-43-30-11-6-10-28(35)33(30)36/h4,6-7,9-11,13-18H,2-3,5,8,12,19-22H2,1H3,(H,38,39)(H,40,41)/b16-13+. The number of hydrogen-bond donors (Lipinski definition) is 2. The molecule has 0 aliphatic heterocycles. The normalized spacial score (nSPS) is 11.3. The van der Waals surface area contributed by atoms with E-state index in [9.17, 15) is 23.5 Å². The van der Waals surface area contributed by atoms with Gasteiger partial charge in [0.05, 0.1) is 25.2 Å². The Kier molecular flexibility index (Phi) is 10.9. The van der Waals surface area contributed by atoms with Crippen LogP contribution < -0.4 is 9.47 Å². The lowest BCUT2D eigenvalue weighted by Gasteiger charge is -2.09. The van der Waals surface area contributed by atoms with E-state index >= 15 is 0 Å². The molecule has 0 saturated heterocycles. The molecular weight excluding hydrogens is 556 g/mol. The summed E-state index contributed by atoms with van der Waals surface area (Å²) in [5.41, 5.74) is 4.84. The van der Waals surface area contributed by atoms with Crippen molar-refractivity contribution in [1.82, 2.24) is 4.57 Å². The highest BCUT2D eigenvalue weighted by atomic mass is 19.2. The van der Waals surface area contributed by atoms with Crippen LogP contribution >= 0.6 is 0 Å². The second-order valence-electron chi connectivity index (χ2n) is 10.2. The van der Waals surface area contributed by atoms with Gasteiger partial charge < -0.3 is 24.3 Å². The van der Waals surface area contributed by atoms with Crippen LogP contribution in [-0.4, -0.2) is 39.9 Å². The fourth-order valence-corrected chi connectivity index (χ4v) is 5.08. The predicted molar refractivity (Wildman–Crippen MR) is 161 cm³/mol. The molecule has 43 heavy (non-hydrogen) atoms. The van der Waals surface area contributed by atoms with Crippen molar-refractivity contribution in [2.45, 2.75) is 44.9 Å². The highest BCUT2D eigenvalue weighted by Gasteiger charge is 2.18. The number of carbonyl (C=O) groups is 2. The van der Waals surface area contributed by atoms with Gasteiger partial charge in [0.2, 0.25) is 5.82 Å². The summed E-state index contributed by atoms with van der Waals surface area (Å²) in [5.74, 6) is -3.02. The van der Waals surface area contributed by atoms with Gasteiger partial charge in [-0.25, -0.2) is 4.39 Å². The maximum atomic E-state index is 13.6. The average Bonchev–Trinajstić information content (AvgIpc) is 3.26. The van der Waals surface area contributed by atoms with E-state index in [2.05, 4.69) is 0 Å². The fourth-order valence-electron chi connectivity index (χ4n) is 5.08. The van der Waals surface area contributed by atoms with Gasteiger partial charge in [-0.15, -0.1) is 0 Å². The Morgan fingerprint density at radius 2 is 1.51 bits per heavy atom. The van der Waals surface area contributed by atoms with E-state index in [0.717, 1.165) is 39.4 Å². The molecule has 0 saturated carbocycles. The topological polar surface area (TPSA) is 98.0 Å². The molecule has 0 radical (unpaired) electrons. The molecule has 1 heterocycles. The van der Waals surface area contributed by atoms with E-state index in [1.807, 2.05) is 66.2 Å². The van der Waals surface area contributed by atoms with E-state index in [-0.39, 0.29) is 25.2 Å². The van der Waals surface area contributed by atoms with Gasteiger partial charge >= 0.3 is 11.9 Å². The molecule has 0 aliphatic rings. The summed E-state index contributed by atoms with van der Waals surface area (Å²) in [6.45, 7) is 0.713. The molecule has 0 unspecified atom stereocenters. The van der Waals surface area contributed by atoms with Crippen molar-refractivity contribution in [2.24, 2.45) is 7.05 Å². The van der Waals surface area contributed by atoms with Gasteiger partial charge in [-0.3, -0.25) is 9.59 Å². The summed E-state index contributed by atoms with van der Waals surface area (Å²) in [6.07, 6.45) is 6.78. The highest BCUT2D eigenvalue weighted by molar-refractivity contribution is 5.94. The number of nitrogens with zero attached hydrogens (tertiary/aromatic N) is 1. The van der Waals surface area contributed by atoms with Crippen molar-refractivity contribution in [1.29, 1.82) is 0 Å². The summed E-state index contributed by atoms with van der Waals surface area (Å²) in [6, 6.07) is 17.5. The zero-order chi connectivity index (χ0) is 30.8. The monoisotopic (exact) mass is 591 g/mol. The first-order valence-corrected chi connectivity index (χ1v) is 14.2. The fraction of sp³-hybridized carbons (Fsp3) is 0.294. The third kappa shape index (κ3) is 8.44. The number of unbranched alkanes of at least 4 members (excludes halogenated alkanes) is 1. The number of carboxylic acid groups (broad SMARTS) is 2. The molecule has 0 bridgehead atoms. The van der Waals surface area contributed by atoms with E-state index in [0.29, 0.717) is 44.5 Å². The van der Waals surface area contributed by atoms with Crippen LogP contribution in [0.5, 0.6) is 11.5 Å². The average molecular weight is 592 g/mol. The first kappa shape index (κ1) is 31.3. The molecule has 0 atom stereocenters. The van der Waals surface area contributed by atoms with E-state index < -0.39 is 23.6 Å². The summed E-state index contributed by atoms with van der Waals surface area (Å²) in [4.78, 5) is 22.4. The lowest BCUT2D eigenvalue weighted by atomic mass is 10.0. The number of hydrogen-bond acceptors (Lipinski definition) is 4. The van der Waals surface area contributed by atoms with Crippen molar-refractivity contribution < 1.29 is 38.1 Å². The van der Waals surface area contributed by atoms with E-state index in [1.54, 1.807) is 0 Å². The molecule has 7 nitrogen and oxygen atoms in total. The van der Waals surface area contributed by atoms with Crippen LogP contribution in [0.25, 0.3) is 23.1 Å². The molecule has 0 amide bonds. The molecule has 0 fully saturated rings. The Morgan fingerprint density at radius 1 is 0.814 bits per heavy atom. The quantitative estimate of drug-likeness (QED) is 0.105. The van der Waals surface area contributed by atoms with Crippen molar-refractivity contribution in [2.75, 3.05) is 13.2 Å². The molecule has 9 heteroatoms. The number of aliphatic carboxylic acids is 2. The van der Waals surface area contributed by atoms with Gasteiger partial charge in [0.15, 0.2) is 11.6 Å². The number of para-hydroxylation sites is 1. The van der Waals surface area contributed by atoms with Crippen LogP contribution in [0.1, 0.15) is 54.5 Å². The summed E-state index contributed by atoms with van der Waals surface area (Å²) in [5, 5.41) is 19.4. The number of aromatic nitrogens is 1. The van der Waals surface area contributed by atoms with Crippen LogP contribution in [0.3, 0.4) is 0 Å². The molecule has 1 aromatic heterocycles. The first-order chi connectivity index (χ1) is 20.7. The number of carboxylic acids is 2. The maximum absolute atomic E-state index is 13.6. The van der Waals surface area contributed by atoms with Crippen LogP contribution in [0.4, 0.5) is 8.78 Å². The maximum Gasteiger partial charge on any atom is 0.303 e. The zero-order valence-electron chi connectivity index (χ0n) is 24.0. The van der Waals surface area contributed by atoms with Crippen molar-refractivity contribution >= 4 is 35.0 Å². The second kappa shape index (κ2) is 15.0. The van der Waals surface area contributed by atoms with Crippen molar-refractivity contribution in [3.05, 3.63) is 94.7 Å². The second-order valence-corrected chi connectivity index (χ2v) is 10.2. The Balaban J connectivity index is 1.37. The van der Waals surface area contributed by atoms with Crippen molar-refractivity contribution in [3.63, 3.8) is 0 Å². The van der Waals surface area contributed by atoms with Crippen molar-refractivity contribution in [3.8, 4) is 11.5 Å². The third-order valence-corrected chi connectivity index (χ3v) is 7.19. The smallest absolute Gasteiger partial charge is 0.303 e. The number of fused-ring (bicyclic) bond motifs is 1. The molecule has 4 rings (SSSR count). The minimum Gasteiger partial charge on any atom is -0.494 e. The Morgan fingerprint density at radius 3 is 2.23 bits per heavy atom. The van der Waals surface area contributed by atoms with Gasteiger partial charge in [-0.2, -0.15) is 4.39 Å². The summed E-state index contributed by atoms with van der Waals surface area (Å²) >= 11 is 0. The molecule has 2 N–H and O–H groups in total. The zero-order valence-corrected chi connectivity index (χ0v) is 24.0. The minimum absolute atomic E-state index is 0.00163. The SMILES string of the molecule is Cn1c(CCC(=O)O)c(CCCC(=O)O)c2cccc(/C=C/c3ccc(OCCCCOc4cccc(F)c4F)cc3)c21. The van der Waals surface area contributed by atoms with Crippen LogP contribution in [0.2, 0.25) is 0 Å². The van der Waals surface area contributed by atoms with Gasteiger partial charge in [-0.05, 0) is 73.1 Å². The van der Waals surface area contributed by atoms with Gasteiger partial charge in [0.1, 0.15) is 5.75 Å². The number of aryl methyl sites for hydroxylation is 2. The number of benzene rings is 3. The summed E-state index contributed by atoms with van der Waals surface area (Å²) in [7, 11) is 1.93. The van der Waals surface area contributed by atoms with Gasteiger partial charge in [0.25, 0.3) is 0 Å². The van der Waals surface area contributed by atoms with Gasteiger partial charge in [-0.1, -0.05) is 48.6 Å². The lowest BCUT2D eigenvalue weighted by Crippen LogP contribution is -2.05. The largest absolute Gasteiger partial charge is 0.494 e.